The topological polar surface area (TPSA) is 79.5 Å². The largest absolute Gasteiger partial charge is 0.350 e. The number of guanidine groups is 1. The van der Waals surface area contributed by atoms with Crippen molar-refractivity contribution in [2.75, 3.05) is 7.05 Å². The number of aryl methyl sites for hydroxylation is 2. The van der Waals surface area contributed by atoms with Gasteiger partial charge >= 0.3 is 0 Å². The molecule has 3 aromatic heterocycles. The molecule has 0 aliphatic carbocycles. The number of nitrogens with one attached hydrogen (secondary N) is 2. The van der Waals surface area contributed by atoms with Crippen molar-refractivity contribution in [3.05, 3.63) is 45.8 Å². The highest BCUT2D eigenvalue weighted by Crippen LogP contribution is 2.15. The van der Waals surface area contributed by atoms with E-state index in [1.165, 1.54) is 4.88 Å². The summed E-state index contributed by atoms with van der Waals surface area (Å²) < 4.78 is 1.95. The summed E-state index contributed by atoms with van der Waals surface area (Å²) in [5.41, 5.74) is 1.92. The molecule has 7 nitrogen and oxygen atoms in total. The van der Waals surface area contributed by atoms with Gasteiger partial charge in [-0.3, -0.25) is 9.39 Å². The lowest BCUT2D eigenvalue weighted by molar-refractivity contribution is 0.760. The van der Waals surface area contributed by atoms with Gasteiger partial charge in [-0.25, -0.2) is 4.98 Å². The third-order valence-electron chi connectivity index (χ3n) is 3.50. The second-order valence-electron chi connectivity index (χ2n) is 5.07. The van der Waals surface area contributed by atoms with Crippen molar-refractivity contribution in [3.8, 4) is 0 Å². The van der Waals surface area contributed by atoms with E-state index in [0.717, 1.165) is 22.2 Å². The fraction of sp³-hybridized carbons (Fsp3) is 0.333. The van der Waals surface area contributed by atoms with Crippen LogP contribution in [0.3, 0.4) is 0 Å². The summed E-state index contributed by atoms with van der Waals surface area (Å²) in [5.74, 6) is 1.55. The van der Waals surface area contributed by atoms with Crippen molar-refractivity contribution in [2.24, 2.45) is 4.99 Å². The summed E-state index contributed by atoms with van der Waals surface area (Å²) in [6.45, 7) is 5.30. The van der Waals surface area contributed by atoms with Crippen LogP contribution < -0.4 is 10.6 Å². The van der Waals surface area contributed by atoms with Gasteiger partial charge in [0.05, 0.1) is 18.8 Å². The molecule has 0 aliphatic rings. The van der Waals surface area contributed by atoms with Crippen LogP contribution in [0.25, 0.3) is 5.65 Å². The number of pyridine rings is 1. The van der Waals surface area contributed by atoms with E-state index in [-0.39, 0.29) is 0 Å². The second-order valence-corrected chi connectivity index (χ2v) is 6.36. The Kier molecular flexibility index (Phi) is 4.52. The van der Waals surface area contributed by atoms with Crippen molar-refractivity contribution in [1.29, 1.82) is 0 Å². The molecule has 0 bridgehead atoms. The minimum absolute atomic E-state index is 0.542. The molecular formula is C15H19N7S. The third-order valence-corrected chi connectivity index (χ3v) is 4.57. The van der Waals surface area contributed by atoms with Crippen molar-refractivity contribution in [3.63, 3.8) is 0 Å². The van der Waals surface area contributed by atoms with Gasteiger partial charge in [0.25, 0.3) is 0 Å². The first-order valence-electron chi connectivity index (χ1n) is 7.33. The highest BCUT2D eigenvalue weighted by molar-refractivity contribution is 7.11. The Morgan fingerprint density at radius 3 is 2.78 bits per heavy atom. The zero-order valence-corrected chi connectivity index (χ0v) is 14.2. The molecule has 0 saturated carbocycles. The van der Waals surface area contributed by atoms with E-state index in [0.29, 0.717) is 19.0 Å². The summed E-state index contributed by atoms with van der Waals surface area (Å²) in [7, 11) is 1.75. The van der Waals surface area contributed by atoms with Gasteiger partial charge < -0.3 is 10.6 Å². The molecule has 0 fully saturated rings. The van der Waals surface area contributed by atoms with Gasteiger partial charge in [-0.05, 0) is 26.0 Å². The highest BCUT2D eigenvalue weighted by atomic mass is 32.1. The first kappa shape index (κ1) is 15.4. The molecule has 0 aromatic carbocycles. The molecule has 23 heavy (non-hydrogen) atoms. The lowest BCUT2D eigenvalue weighted by Gasteiger charge is -2.10. The summed E-state index contributed by atoms with van der Waals surface area (Å²) in [4.78, 5) is 9.99. The number of hydrogen-bond acceptors (Lipinski definition) is 5. The first-order chi connectivity index (χ1) is 11.2. The van der Waals surface area contributed by atoms with Crippen LogP contribution in [0, 0.1) is 13.8 Å². The van der Waals surface area contributed by atoms with Crippen molar-refractivity contribution >= 4 is 22.9 Å². The molecule has 120 valence electrons. The molecule has 0 unspecified atom stereocenters. The maximum Gasteiger partial charge on any atom is 0.191 e. The molecule has 2 N–H and O–H groups in total. The summed E-state index contributed by atoms with van der Waals surface area (Å²) in [5, 5.41) is 15.9. The Balaban J connectivity index is 1.59. The summed E-state index contributed by atoms with van der Waals surface area (Å²) >= 11 is 1.70. The normalized spacial score (nSPS) is 11.9. The van der Waals surface area contributed by atoms with Crippen molar-refractivity contribution in [1.82, 2.24) is 30.2 Å². The molecule has 0 amide bonds. The maximum atomic E-state index is 4.51. The predicted molar refractivity (Wildman–Crippen MR) is 91.6 cm³/mol. The van der Waals surface area contributed by atoms with Gasteiger partial charge in [0.1, 0.15) is 5.01 Å². The molecule has 0 saturated heterocycles. The van der Waals surface area contributed by atoms with E-state index in [9.17, 15) is 0 Å². The van der Waals surface area contributed by atoms with Gasteiger partial charge in [-0.15, -0.1) is 21.5 Å². The first-order valence-corrected chi connectivity index (χ1v) is 8.15. The average molecular weight is 329 g/mol. The standard InChI is InChI=1S/C15H19N7S/c1-10-11(2)23-14(19-10)9-18-15(16-3)17-8-13-21-20-12-6-4-5-7-22(12)13/h4-7H,8-9H2,1-3H3,(H2,16,17,18). The number of hydrogen-bond donors (Lipinski definition) is 2. The molecule has 0 spiro atoms. The van der Waals surface area contributed by atoms with Gasteiger partial charge in [-0.1, -0.05) is 6.07 Å². The lowest BCUT2D eigenvalue weighted by atomic mass is 10.4. The Bertz CT molecular complexity index is 814. The van der Waals surface area contributed by atoms with Crippen molar-refractivity contribution in [2.45, 2.75) is 26.9 Å². The number of fused-ring (bicyclic) bond motifs is 1. The third kappa shape index (κ3) is 3.48. The molecule has 8 heteroatoms. The Labute approximate surface area is 138 Å². The van der Waals surface area contributed by atoms with Crippen LogP contribution >= 0.6 is 11.3 Å². The SMILES string of the molecule is CN=C(NCc1nc(C)c(C)s1)NCc1nnc2ccccn12. The lowest BCUT2D eigenvalue weighted by Crippen LogP contribution is -2.36. The molecule has 3 aromatic rings. The van der Waals surface area contributed by atoms with Gasteiger partial charge in [0, 0.05) is 18.1 Å². The molecule has 3 heterocycles. The fourth-order valence-corrected chi connectivity index (χ4v) is 3.04. The van der Waals surface area contributed by atoms with Crippen LogP contribution in [0.1, 0.15) is 21.4 Å². The smallest absolute Gasteiger partial charge is 0.191 e. The zero-order chi connectivity index (χ0) is 16.2. The number of rotatable bonds is 4. The van der Waals surface area contributed by atoms with E-state index in [2.05, 4.69) is 37.7 Å². The Morgan fingerprint density at radius 2 is 2.04 bits per heavy atom. The molecular weight excluding hydrogens is 310 g/mol. The molecule has 0 atom stereocenters. The zero-order valence-electron chi connectivity index (χ0n) is 13.4. The van der Waals surface area contributed by atoms with Crippen LogP contribution in [0.2, 0.25) is 0 Å². The van der Waals surface area contributed by atoms with Crippen LogP contribution in [0.4, 0.5) is 0 Å². The van der Waals surface area contributed by atoms with Gasteiger partial charge in [0.15, 0.2) is 17.4 Å². The minimum Gasteiger partial charge on any atom is -0.350 e. The number of aliphatic imine (C=N–C) groups is 1. The van der Waals surface area contributed by atoms with Crippen LogP contribution in [0.15, 0.2) is 29.4 Å². The average Bonchev–Trinajstić information content (AvgIpc) is 3.11. The van der Waals surface area contributed by atoms with E-state index >= 15 is 0 Å². The maximum absolute atomic E-state index is 4.51. The van der Waals surface area contributed by atoms with E-state index < -0.39 is 0 Å². The molecule has 0 aliphatic heterocycles. The predicted octanol–water partition coefficient (Wildman–Crippen LogP) is 1.67. The highest BCUT2D eigenvalue weighted by Gasteiger charge is 2.07. The summed E-state index contributed by atoms with van der Waals surface area (Å²) in [6.07, 6.45) is 1.95. The molecule has 0 radical (unpaired) electrons. The monoisotopic (exact) mass is 329 g/mol. The number of nitrogens with zero attached hydrogens (tertiary/aromatic N) is 5. The minimum atomic E-state index is 0.542. The van der Waals surface area contributed by atoms with E-state index in [1.54, 1.807) is 18.4 Å². The van der Waals surface area contributed by atoms with Crippen LogP contribution in [0.5, 0.6) is 0 Å². The van der Waals surface area contributed by atoms with E-state index in [1.807, 2.05) is 35.7 Å². The van der Waals surface area contributed by atoms with Crippen LogP contribution in [-0.2, 0) is 13.1 Å². The molecule has 3 rings (SSSR count). The van der Waals surface area contributed by atoms with Crippen LogP contribution in [-0.4, -0.2) is 32.6 Å². The summed E-state index contributed by atoms with van der Waals surface area (Å²) in [6, 6.07) is 5.83. The number of thiazole rings is 1. The van der Waals surface area contributed by atoms with Crippen molar-refractivity contribution < 1.29 is 0 Å². The van der Waals surface area contributed by atoms with E-state index in [4.69, 9.17) is 0 Å². The van der Waals surface area contributed by atoms with Gasteiger partial charge in [-0.2, -0.15) is 0 Å². The quantitative estimate of drug-likeness (QED) is 0.562. The Morgan fingerprint density at radius 1 is 1.22 bits per heavy atom. The Hall–Kier alpha value is -2.48. The number of aromatic nitrogens is 4. The fourth-order valence-electron chi connectivity index (χ4n) is 2.17. The second kappa shape index (κ2) is 6.74. The van der Waals surface area contributed by atoms with Gasteiger partial charge in [0.2, 0.25) is 0 Å².